The fourth-order valence-electron chi connectivity index (χ4n) is 5.27. The zero-order valence-electron chi connectivity index (χ0n) is 24.5. The van der Waals surface area contributed by atoms with Crippen LogP contribution >= 0.6 is 0 Å². The third-order valence-corrected chi connectivity index (χ3v) is 8.89. The smallest absolute Gasteiger partial charge is 0.255 e. The molecule has 0 bridgehead atoms. The summed E-state index contributed by atoms with van der Waals surface area (Å²) < 4.78 is 77.5. The SMILES string of the molecule is CCS(=O)(=O)Nc1cc2oc(-c3ccc(F)cc3)c(C(=O)NC)c2cc1-c1ccc(C(F)CO)c(-c2cc3c(F)cccc3[nH]2)n1. The molecule has 6 rings (SSSR count). The molecule has 0 aliphatic rings. The van der Waals surface area contributed by atoms with Crippen LogP contribution in [-0.4, -0.2) is 48.8 Å². The van der Waals surface area contributed by atoms with E-state index in [9.17, 15) is 27.1 Å². The number of pyridine rings is 1. The van der Waals surface area contributed by atoms with Gasteiger partial charge in [-0.25, -0.2) is 26.6 Å². The number of hydrogen-bond donors (Lipinski definition) is 4. The van der Waals surface area contributed by atoms with E-state index in [-0.39, 0.29) is 61.9 Å². The highest BCUT2D eigenvalue weighted by molar-refractivity contribution is 7.92. The number of anilines is 1. The molecule has 13 heteroatoms. The van der Waals surface area contributed by atoms with Crippen molar-refractivity contribution in [1.29, 1.82) is 0 Å². The molecule has 0 fully saturated rings. The summed E-state index contributed by atoms with van der Waals surface area (Å²) in [4.78, 5) is 20.9. The number of fused-ring (bicyclic) bond motifs is 2. The highest BCUT2D eigenvalue weighted by Gasteiger charge is 2.26. The minimum Gasteiger partial charge on any atom is -0.455 e. The van der Waals surface area contributed by atoms with Gasteiger partial charge in [0.2, 0.25) is 10.0 Å². The summed E-state index contributed by atoms with van der Waals surface area (Å²) in [6.07, 6.45) is -1.83. The number of carbonyl (C=O) groups excluding carboxylic acids is 1. The number of nitrogens with zero attached hydrogens (tertiary/aromatic N) is 1. The molecule has 4 N–H and O–H groups in total. The predicted octanol–water partition coefficient (Wildman–Crippen LogP) is 6.71. The molecule has 1 amide bonds. The second-order valence-corrected chi connectivity index (χ2v) is 12.5. The van der Waals surface area contributed by atoms with Gasteiger partial charge in [0.1, 0.15) is 23.0 Å². The van der Waals surface area contributed by atoms with Gasteiger partial charge in [-0.05, 0) is 61.5 Å². The summed E-state index contributed by atoms with van der Waals surface area (Å²) >= 11 is 0. The quantitative estimate of drug-likeness (QED) is 0.138. The van der Waals surface area contributed by atoms with E-state index in [4.69, 9.17) is 4.42 Å². The highest BCUT2D eigenvalue weighted by Crippen LogP contribution is 2.41. The fourth-order valence-corrected chi connectivity index (χ4v) is 5.91. The van der Waals surface area contributed by atoms with Crippen molar-refractivity contribution >= 4 is 43.5 Å². The molecule has 3 aromatic heterocycles. The molecular formula is C33H27F3N4O5S. The Labute approximate surface area is 261 Å². The van der Waals surface area contributed by atoms with E-state index in [1.807, 2.05) is 0 Å². The molecule has 9 nitrogen and oxygen atoms in total. The van der Waals surface area contributed by atoms with Gasteiger partial charge >= 0.3 is 0 Å². The minimum atomic E-state index is -3.84. The monoisotopic (exact) mass is 648 g/mol. The van der Waals surface area contributed by atoms with Crippen LogP contribution in [0, 0.1) is 11.6 Å². The van der Waals surface area contributed by atoms with Crippen molar-refractivity contribution in [3.05, 3.63) is 95.6 Å². The molecule has 6 aromatic rings. The van der Waals surface area contributed by atoms with Crippen LogP contribution in [0.15, 0.2) is 77.2 Å². The maximum Gasteiger partial charge on any atom is 0.255 e. The first-order valence-corrected chi connectivity index (χ1v) is 15.8. The Balaban J connectivity index is 1.63. The number of hydrogen-bond acceptors (Lipinski definition) is 6. The van der Waals surface area contributed by atoms with Gasteiger partial charge in [-0.2, -0.15) is 0 Å². The number of alkyl halides is 1. The van der Waals surface area contributed by atoms with Crippen LogP contribution in [0.2, 0.25) is 0 Å². The van der Waals surface area contributed by atoms with Crippen molar-refractivity contribution in [1.82, 2.24) is 15.3 Å². The van der Waals surface area contributed by atoms with Gasteiger partial charge in [0.05, 0.1) is 40.7 Å². The fraction of sp³-hybridized carbons (Fsp3) is 0.152. The predicted molar refractivity (Wildman–Crippen MR) is 169 cm³/mol. The maximum atomic E-state index is 15.1. The summed E-state index contributed by atoms with van der Waals surface area (Å²) in [5.41, 5.74) is 1.90. The Morgan fingerprint density at radius 2 is 1.80 bits per heavy atom. The molecule has 0 radical (unpaired) electrons. The molecule has 46 heavy (non-hydrogen) atoms. The number of aliphatic hydroxyl groups is 1. The van der Waals surface area contributed by atoms with Crippen LogP contribution < -0.4 is 10.0 Å². The summed E-state index contributed by atoms with van der Waals surface area (Å²) in [6.45, 7) is 0.618. The average molecular weight is 649 g/mol. The molecule has 236 valence electrons. The molecule has 3 aromatic carbocycles. The molecule has 0 spiro atoms. The van der Waals surface area contributed by atoms with Gasteiger partial charge in [0, 0.05) is 46.1 Å². The topological polar surface area (TPSA) is 137 Å². The number of H-pyrrole nitrogens is 1. The molecule has 0 saturated carbocycles. The van der Waals surface area contributed by atoms with E-state index in [0.29, 0.717) is 16.5 Å². The Morgan fingerprint density at radius 1 is 1.04 bits per heavy atom. The first-order valence-electron chi connectivity index (χ1n) is 14.2. The number of nitrogens with one attached hydrogen (secondary N) is 3. The lowest BCUT2D eigenvalue weighted by molar-refractivity contribution is 0.0964. The lowest BCUT2D eigenvalue weighted by Gasteiger charge is -2.15. The van der Waals surface area contributed by atoms with Crippen molar-refractivity contribution in [3.8, 4) is 34.0 Å². The lowest BCUT2D eigenvalue weighted by Crippen LogP contribution is -2.18. The number of amides is 1. The minimum absolute atomic E-state index is 0.0166. The number of aromatic nitrogens is 2. The molecule has 1 atom stereocenters. The lowest BCUT2D eigenvalue weighted by atomic mass is 9.99. The van der Waals surface area contributed by atoms with E-state index in [1.165, 1.54) is 80.7 Å². The average Bonchev–Trinajstić information content (AvgIpc) is 3.66. The summed E-state index contributed by atoms with van der Waals surface area (Å²) in [6, 6.07) is 17.1. The van der Waals surface area contributed by atoms with Crippen molar-refractivity contribution in [2.45, 2.75) is 13.1 Å². The van der Waals surface area contributed by atoms with Gasteiger partial charge in [0.25, 0.3) is 5.91 Å². The number of carbonyl (C=O) groups is 1. The van der Waals surface area contributed by atoms with Gasteiger partial charge < -0.3 is 19.8 Å². The highest BCUT2D eigenvalue weighted by atomic mass is 32.2. The van der Waals surface area contributed by atoms with Crippen LogP contribution in [0.5, 0.6) is 0 Å². The molecule has 1 unspecified atom stereocenters. The molecule has 0 aliphatic carbocycles. The first kappa shape index (κ1) is 30.9. The second-order valence-electron chi connectivity index (χ2n) is 10.5. The van der Waals surface area contributed by atoms with Gasteiger partial charge in [0.15, 0.2) is 6.17 Å². The van der Waals surface area contributed by atoms with E-state index < -0.39 is 40.3 Å². The van der Waals surface area contributed by atoms with Crippen LogP contribution in [0.1, 0.15) is 29.0 Å². The Kier molecular flexibility index (Phi) is 8.04. The largest absolute Gasteiger partial charge is 0.455 e. The van der Waals surface area contributed by atoms with Crippen molar-refractivity contribution in [3.63, 3.8) is 0 Å². The van der Waals surface area contributed by atoms with Crippen molar-refractivity contribution in [2.24, 2.45) is 0 Å². The Hall–Kier alpha value is -5.14. The van der Waals surface area contributed by atoms with Crippen molar-refractivity contribution in [2.75, 3.05) is 24.1 Å². The number of sulfonamides is 1. The number of furan rings is 1. The number of rotatable bonds is 9. The number of halogens is 3. The van der Waals surface area contributed by atoms with Gasteiger partial charge in [-0.3, -0.25) is 9.52 Å². The summed E-state index contributed by atoms with van der Waals surface area (Å²) in [5, 5.41) is 12.8. The maximum absolute atomic E-state index is 15.1. The Bertz CT molecular complexity index is 2230. The zero-order chi connectivity index (χ0) is 32.7. The number of benzene rings is 3. The first-order chi connectivity index (χ1) is 22.0. The Morgan fingerprint density at radius 3 is 2.48 bits per heavy atom. The van der Waals surface area contributed by atoms with E-state index in [2.05, 4.69) is 20.0 Å². The van der Waals surface area contributed by atoms with E-state index in [0.717, 1.165) is 0 Å². The third-order valence-electron chi connectivity index (χ3n) is 7.60. The van der Waals surface area contributed by atoms with E-state index >= 15 is 4.39 Å². The van der Waals surface area contributed by atoms with Gasteiger partial charge in [-0.15, -0.1) is 0 Å². The zero-order valence-corrected chi connectivity index (χ0v) is 25.3. The molecular weight excluding hydrogens is 621 g/mol. The second kappa shape index (κ2) is 12.0. The van der Waals surface area contributed by atoms with E-state index in [1.54, 1.807) is 6.07 Å². The third kappa shape index (κ3) is 5.59. The van der Waals surface area contributed by atoms with Crippen LogP contribution in [-0.2, 0) is 10.0 Å². The summed E-state index contributed by atoms with van der Waals surface area (Å²) in [7, 11) is -2.41. The number of aromatic amines is 1. The standard InChI is InChI=1S/C33H27F3N4O5S/c1-3-46(43,44)40-27-15-29-22(30(33(42)37-2)32(45-29)17-7-9-18(34)10-8-17)13-21(27)26-12-11-19(24(36)16-41)31(39-26)28-14-20-23(35)5-4-6-25(20)38-28/h4-15,24,38,40-41H,3,16H2,1-2H3,(H,37,42). The van der Waals surface area contributed by atoms with Gasteiger partial charge in [-0.1, -0.05) is 12.1 Å². The molecule has 3 heterocycles. The molecule has 0 aliphatic heterocycles. The van der Waals surface area contributed by atoms with Crippen LogP contribution in [0.4, 0.5) is 18.9 Å². The van der Waals surface area contributed by atoms with Crippen LogP contribution in [0.3, 0.4) is 0 Å². The molecule has 0 saturated heterocycles. The van der Waals surface area contributed by atoms with Crippen molar-refractivity contribution < 1.29 is 35.9 Å². The normalized spacial score (nSPS) is 12.5. The van der Waals surface area contributed by atoms with Crippen LogP contribution in [0.25, 0.3) is 55.8 Å². The number of aliphatic hydroxyl groups excluding tert-OH is 1. The summed E-state index contributed by atoms with van der Waals surface area (Å²) in [5.74, 6) is -1.64.